The van der Waals surface area contributed by atoms with Crippen molar-refractivity contribution in [1.82, 2.24) is 5.06 Å². The lowest BCUT2D eigenvalue weighted by Gasteiger charge is -2.37. The van der Waals surface area contributed by atoms with Crippen LogP contribution in [0.15, 0.2) is 53.7 Å². The number of halogens is 3. The molecule has 1 aliphatic heterocycles. The van der Waals surface area contributed by atoms with Crippen LogP contribution in [-0.4, -0.2) is 22.7 Å². The van der Waals surface area contributed by atoms with E-state index in [1.165, 1.54) is 17.2 Å². The first-order valence-corrected chi connectivity index (χ1v) is 10.1. The van der Waals surface area contributed by atoms with E-state index < -0.39 is 23.6 Å². The number of hydrogen-bond acceptors (Lipinski definition) is 5. The fourth-order valence-corrected chi connectivity index (χ4v) is 3.76. The highest BCUT2D eigenvalue weighted by molar-refractivity contribution is 6.00. The van der Waals surface area contributed by atoms with Crippen LogP contribution in [0.4, 0.5) is 23.7 Å². The third-order valence-electron chi connectivity index (χ3n) is 5.44. The molecule has 4 rings (SSSR count). The molecular formula is C22H22F3N3O3. The van der Waals surface area contributed by atoms with Crippen molar-refractivity contribution < 1.29 is 27.6 Å². The number of oxime groups is 1. The van der Waals surface area contributed by atoms with Gasteiger partial charge in [0.1, 0.15) is 0 Å². The van der Waals surface area contributed by atoms with Gasteiger partial charge in [0.2, 0.25) is 11.6 Å². The Balaban J connectivity index is 1.52. The Bertz CT molecular complexity index is 966. The molecule has 9 heteroatoms. The van der Waals surface area contributed by atoms with Crippen molar-refractivity contribution in [2.24, 2.45) is 5.16 Å². The smallest absolute Gasteiger partial charge is 0.362 e. The van der Waals surface area contributed by atoms with E-state index in [1.807, 2.05) is 31.2 Å². The average molecular weight is 433 g/mol. The minimum Gasteiger partial charge on any atom is -0.362 e. The summed E-state index contributed by atoms with van der Waals surface area (Å²) in [5.74, 6) is 0.379. The Kier molecular flexibility index (Phi) is 5.51. The minimum atomic E-state index is -4.45. The number of hydroxylamine groups is 2. The van der Waals surface area contributed by atoms with Crippen LogP contribution >= 0.6 is 0 Å². The maximum Gasteiger partial charge on any atom is 0.436 e. The predicted octanol–water partition coefficient (Wildman–Crippen LogP) is 5.83. The van der Waals surface area contributed by atoms with E-state index in [-0.39, 0.29) is 5.69 Å². The second-order valence-electron chi connectivity index (χ2n) is 7.75. The van der Waals surface area contributed by atoms with Gasteiger partial charge in [0.25, 0.3) is 0 Å². The number of carbonyl (C=O) groups excluding carboxylic acids is 1. The molecule has 1 aliphatic carbocycles. The Labute approximate surface area is 177 Å². The lowest BCUT2D eigenvalue weighted by molar-refractivity contribution is -0.224. The Morgan fingerprint density at radius 1 is 1.06 bits per heavy atom. The molecule has 2 aromatic carbocycles. The number of amidine groups is 1. The molecule has 1 saturated carbocycles. The highest BCUT2D eigenvalue weighted by Crippen LogP contribution is 2.40. The largest absolute Gasteiger partial charge is 0.436 e. The van der Waals surface area contributed by atoms with Crippen molar-refractivity contribution in [3.63, 3.8) is 0 Å². The molecule has 0 bridgehead atoms. The van der Waals surface area contributed by atoms with E-state index in [0.29, 0.717) is 18.7 Å². The van der Waals surface area contributed by atoms with Crippen LogP contribution in [0, 0.1) is 6.92 Å². The summed E-state index contributed by atoms with van der Waals surface area (Å²) in [7, 11) is 0. The molecule has 31 heavy (non-hydrogen) atoms. The number of hydrogen-bond donors (Lipinski definition) is 1. The van der Waals surface area contributed by atoms with E-state index in [2.05, 4.69) is 10.5 Å². The van der Waals surface area contributed by atoms with E-state index in [1.54, 1.807) is 0 Å². The average Bonchev–Trinajstić information content (AvgIpc) is 3.06. The van der Waals surface area contributed by atoms with Gasteiger partial charge in [0, 0.05) is 24.1 Å². The molecule has 1 heterocycles. The maximum absolute atomic E-state index is 12.7. The molecule has 0 saturated heterocycles. The van der Waals surface area contributed by atoms with Crippen molar-refractivity contribution in [2.45, 2.75) is 50.9 Å². The quantitative estimate of drug-likeness (QED) is 0.661. The molecule has 0 aromatic heterocycles. The molecule has 164 valence electrons. The summed E-state index contributed by atoms with van der Waals surface area (Å²) in [6.07, 6.45) is -1.16. The maximum atomic E-state index is 12.7. The first-order chi connectivity index (χ1) is 14.8. The van der Waals surface area contributed by atoms with Crippen LogP contribution < -0.4 is 5.32 Å². The second kappa shape index (κ2) is 8.13. The van der Waals surface area contributed by atoms with Crippen LogP contribution in [0.3, 0.4) is 0 Å². The summed E-state index contributed by atoms with van der Waals surface area (Å²) in [5.41, 5.74) is 0.313. The number of alkyl halides is 3. The zero-order chi connectivity index (χ0) is 22.1. The zero-order valence-electron chi connectivity index (χ0n) is 16.9. The summed E-state index contributed by atoms with van der Waals surface area (Å²) < 4.78 is 38.2. The summed E-state index contributed by atoms with van der Waals surface area (Å²) in [4.78, 5) is 24.0. The van der Waals surface area contributed by atoms with E-state index >= 15 is 0 Å². The van der Waals surface area contributed by atoms with Crippen molar-refractivity contribution >= 4 is 17.6 Å². The van der Waals surface area contributed by atoms with Gasteiger partial charge in [-0.3, -0.25) is 5.32 Å². The minimum absolute atomic E-state index is 0.185. The third kappa shape index (κ3) is 4.45. The first-order valence-electron chi connectivity index (χ1n) is 10.1. The second-order valence-corrected chi connectivity index (χ2v) is 7.75. The molecule has 1 amide bonds. The van der Waals surface area contributed by atoms with Crippen LogP contribution in [-0.2, 0) is 15.9 Å². The van der Waals surface area contributed by atoms with Gasteiger partial charge in [-0.1, -0.05) is 41.4 Å². The van der Waals surface area contributed by atoms with Gasteiger partial charge in [0.15, 0.2) is 0 Å². The van der Waals surface area contributed by atoms with Crippen LogP contribution in [0.1, 0.15) is 48.8 Å². The van der Waals surface area contributed by atoms with Gasteiger partial charge in [0.05, 0.1) is 5.56 Å². The highest BCUT2D eigenvalue weighted by Gasteiger charge is 2.50. The number of nitrogens with zero attached hydrogens (tertiary/aromatic N) is 2. The van der Waals surface area contributed by atoms with Crippen LogP contribution in [0.25, 0.3) is 0 Å². The molecular weight excluding hydrogens is 411 g/mol. The SMILES string of the molecule is Cc1ccc(C2=NOC3(CCCCC3)N2OC(=O)Nc2ccc(C(F)(F)F)cc2)cc1. The number of amides is 1. The Morgan fingerprint density at radius 2 is 1.71 bits per heavy atom. The summed E-state index contributed by atoms with van der Waals surface area (Å²) in [6.45, 7) is 1.96. The van der Waals surface area contributed by atoms with Crippen molar-refractivity contribution in [3.05, 3.63) is 65.2 Å². The van der Waals surface area contributed by atoms with Gasteiger partial charge >= 0.3 is 12.3 Å². The zero-order valence-corrected chi connectivity index (χ0v) is 16.9. The van der Waals surface area contributed by atoms with Crippen LogP contribution in [0.5, 0.6) is 0 Å². The highest BCUT2D eigenvalue weighted by atomic mass is 19.4. The number of rotatable bonds is 3. The molecule has 1 N–H and O–H groups in total. The fraction of sp³-hybridized carbons (Fsp3) is 0.364. The summed E-state index contributed by atoms with van der Waals surface area (Å²) >= 11 is 0. The summed E-state index contributed by atoms with van der Waals surface area (Å²) in [6, 6.07) is 11.7. The Morgan fingerprint density at radius 3 is 2.32 bits per heavy atom. The normalized spacial score (nSPS) is 17.8. The van der Waals surface area contributed by atoms with E-state index in [0.717, 1.165) is 42.5 Å². The lowest BCUT2D eigenvalue weighted by Crippen LogP contribution is -2.51. The number of anilines is 1. The molecule has 2 aliphatic rings. The van der Waals surface area contributed by atoms with Crippen LogP contribution in [0.2, 0.25) is 0 Å². The standard InChI is InChI=1S/C22H22F3N3O3/c1-15-5-7-16(8-6-15)19-27-31-21(13-3-2-4-14-21)28(19)30-20(29)26-18-11-9-17(10-12-18)22(23,24)25/h5-12H,2-4,13-14H2,1H3,(H,26,29). The number of aryl methyl sites for hydroxylation is 1. The lowest BCUT2D eigenvalue weighted by atomic mass is 9.91. The molecule has 6 nitrogen and oxygen atoms in total. The third-order valence-corrected chi connectivity index (χ3v) is 5.44. The van der Waals surface area contributed by atoms with E-state index in [4.69, 9.17) is 9.68 Å². The van der Waals surface area contributed by atoms with Gasteiger partial charge in [-0.25, -0.2) is 4.79 Å². The molecule has 2 aromatic rings. The molecule has 1 spiro atoms. The Hall–Kier alpha value is -3.23. The van der Waals surface area contributed by atoms with Crippen molar-refractivity contribution in [3.8, 4) is 0 Å². The van der Waals surface area contributed by atoms with Crippen molar-refractivity contribution in [2.75, 3.05) is 5.32 Å². The van der Waals surface area contributed by atoms with Gasteiger partial charge in [-0.2, -0.15) is 13.2 Å². The molecule has 0 radical (unpaired) electrons. The number of carbonyl (C=O) groups is 1. The molecule has 0 atom stereocenters. The van der Waals surface area contributed by atoms with E-state index in [9.17, 15) is 18.0 Å². The molecule has 0 unspecified atom stereocenters. The van der Waals surface area contributed by atoms with Gasteiger partial charge < -0.3 is 9.68 Å². The van der Waals surface area contributed by atoms with Crippen molar-refractivity contribution in [1.29, 1.82) is 0 Å². The van der Waals surface area contributed by atoms with Gasteiger partial charge in [-0.15, -0.1) is 5.06 Å². The fourth-order valence-electron chi connectivity index (χ4n) is 3.76. The first kappa shape index (κ1) is 21.0. The predicted molar refractivity (Wildman–Crippen MR) is 108 cm³/mol. The number of nitrogens with one attached hydrogen (secondary N) is 1. The van der Waals surface area contributed by atoms with Gasteiger partial charge in [-0.05, 0) is 44.0 Å². The molecule has 1 fully saturated rings. The topological polar surface area (TPSA) is 63.2 Å². The monoisotopic (exact) mass is 433 g/mol. The number of benzene rings is 2. The summed E-state index contributed by atoms with van der Waals surface area (Å²) in [5, 5.41) is 8.07.